The topological polar surface area (TPSA) is 57.9 Å². The van der Waals surface area contributed by atoms with Crippen molar-refractivity contribution >= 4 is 27.4 Å². The van der Waals surface area contributed by atoms with Crippen LogP contribution in [-0.4, -0.2) is 11.1 Å². The minimum Gasteiger partial charge on any atom is -0.489 e. The van der Waals surface area contributed by atoms with Crippen LogP contribution in [-0.2, 0) is 0 Å². The molecule has 0 bridgehead atoms. The number of nitrogens with one attached hydrogen (secondary N) is 1. The lowest BCUT2D eigenvalue weighted by Crippen LogP contribution is -2.07. The largest absolute Gasteiger partial charge is 0.489 e. The molecule has 0 aliphatic rings. The minimum atomic E-state index is 0.0929. The Morgan fingerprint density at radius 3 is 2.75 bits per heavy atom. The van der Waals surface area contributed by atoms with Crippen molar-refractivity contribution in [3.05, 3.63) is 46.6 Å². The Kier molecular flexibility index (Phi) is 4.59. The summed E-state index contributed by atoms with van der Waals surface area (Å²) in [5, 5.41) is 12.0. The number of para-hydroxylation sites is 2. The third kappa shape index (κ3) is 3.49. The quantitative estimate of drug-likeness (QED) is 0.909. The molecule has 1 aromatic carbocycles. The molecule has 4 nitrogen and oxygen atoms in total. The first-order chi connectivity index (χ1) is 9.60. The van der Waals surface area contributed by atoms with Gasteiger partial charge in [-0.2, -0.15) is 5.26 Å². The molecule has 0 unspecified atom stereocenters. The van der Waals surface area contributed by atoms with Crippen molar-refractivity contribution in [2.75, 3.05) is 5.32 Å². The van der Waals surface area contributed by atoms with E-state index in [2.05, 4.69) is 32.3 Å². The molecule has 20 heavy (non-hydrogen) atoms. The fourth-order valence-corrected chi connectivity index (χ4v) is 2.09. The van der Waals surface area contributed by atoms with E-state index >= 15 is 0 Å². The zero-order chi connectivity index (χ0) is 14.5. The van der Waals surface area contributed by atoms with E-state index in [4.69, 9.17) is 10.00 Å². The molecule has 1 heterocycles. The summed E-state index contributed by atoms with van der Waals surface area (Å²) in [7, 11) is 0. The lowest BCUT2D eigenvalue weighted by atomic mass is 10.2. The van der Waals surface area contributed by atoms with Crippen LogP contribution in [0.3, 0.4) is 0 Å². The minimum absolute atomic E-state index is 0.0929. The van der Waals surface area contributed by atoms with E-state index in [-0.39, 0.29) is 6.10 Å². The van der Waals surface area contributed by atoms with E-state index in [0.29, 0.717) is 11.4 Å². The molecule has 0 amide bonds. The van der Waals surface area contributed by atoms with Gasteiger partial charge in [0, 0.05) is 6.20 Å². The van der Waals surface area contributed by atoms with Gasteiger partial charge in [0.15, 0.2) is 0 Å². The molecule has 5 heteroatoms. The van der Waals surface area contributed by atoms with Crippen molar-refractivity contribution in [1.82, 2.24) is 4.98 Å². The Labute approximate surface area is 126 Å². The molecule has 2 rings (SSSR count). The molecule has 1 aromatic heterocycles. The fraction of sp³-hybridized carbons (Fsp3) is 0.200. The van der Waals surface area contributed by atoms with Gasteiger partial charge in [-0.15, -0.1) is 0 Å². The number of ether oxygens (including phenoxy) is 1. The van der Waals surface area contributed by atoms with Crippen molar-refractivity contribution in [1.29, 1.82) is 5.26 Å². The highest BCUT2D eigenvalue weighted by atomic mass is 79.9. The van der Waals surface area contributed by atoms with Crippen molar-refractivity contribution < 1.29 is 4.74 Å². The molecule has 0 spiro atoms. The molecular formula is C15H14BrN3O. The molecule has 102 valence electrons. The average Bonchev–Trinajstić information content (AvgIpc) is 2.42. The number of nitrogens with zero attached hydrogens (tertiary/aromatic N) is 2. The molecule has 1 N–H and O–H groups in total. The lowest BCUT2D eigenvalue weighted by Gasteiger charge is -2.15. The summed E-state index contributed by atoms with van der Waals surface area (Å²) in [5.74, 6) is 1.41. The Hall–Kier alpha value is -2.06. The molecule has 0 aliphatic carbocycles. The van der Waals surface area contributed by atoms with Crippen LogP contribution in [0, 0.1) is 11.3 Å². The molecule has 0 saturated heterocycles. The Balaban J connectivity index is 2.28. The Morgan fingerprint density at radius 1 is 1.35 bits per heavy atom. The van der Waals surface area contributed by atoms with E-state index < -0.39 is 0 Å². The second kappa shape index (κ2) is 6.40. The van der Waals surface area contributed by atoms with Crippen LogP contribution in [0.5, 0.6) is 5.75 Å². The monoisotopic (exact) mass is 331 g/mol. The summed E-state index contributed by atoms with van der Waals surface area (Å²) in [6.45, 7) is 3.96. The van der Waals surface area contributed by atoms with Gasteiger partial charge in [-0.05, 0) is 48.0 Å². The number of rotatable bonds is 4. The van der Waals surface area contributed by atoms with E-state index in [9.17, 15) is 0 Å². The van der Waals surface area contributed by atoms with Gasteiger partial charge in [0.1, 0.15) is 17.6 Å². The summed E-state index contributed by atoms with van der Waals surface area (Å²) >= 11 is 3.40. The van der Waals surface area contributed by atoms with E-state index in [1.54, 1.807) is 6.07 Å². The number of nitriles is 1. The van der Waals surface area contributed by atoms with E-state index in [1.807, 2.05) is 38.1 Å². The number of halogens is 1. The molecule has 0 radical (unpaired) electrons. The average molecular weight is 332 g/mol. The fourth-order valence-electron chi connectivity index (χ4n) is 1.65. The highest BCUT2D eigenvalue weighted by Crippen LogP contribution is 2.30. The molecule has 2 aromatic rings. The zero-order valence-corrected chi connectivity index (χ0v) is 12.8. The molecule has 0 fully saturated rings. The maximum atomic E-state index is 8.83. The van der Waals surface area contributed by atoms with E-state index in [0.717, 1.165) is 15.9 Å². The maximum absolute atomic E-state index is 8.83. The second-order valence-corrected chi connectivity index (χ2v) is 5.31. The first kappa shape index (κ1) is 14.4. The van der Waals surface area contributed by atoms with Gasteiger partial charge in [-0.1, -0.05) is 12.1 Å². The van der Waals surface area contributed by atoms with Crippen molar-refractivity contribution in [2.24, 2.45) is 0 Å². The van der Waals surface area contributed by atoms with Crippen LogP contribution in [0.2, 0.25) is 0 Å². The van der Waals surface area contributed by atoms with E-state index in [1.165, 1.54) is 6.20 Å². The summed E-state index contributed by atoms with van der Waals surface area (Å²) in [4.78, 5) is 4.23. The van der Waals surface area contributed by atoms with Crippen LogP contribution in [0.25, 0.3) is 0 Å². The molecular weight excluding hydrogens is 318 g/mol. The van der Waals surface area contributed by atoms with Gasteiger partial charge in [0.2, 0.25) is 0 Å². The number of hydrogen-bond donors (Lipinski definition) is 1. The smallest absolute Gasteiger partial charge is 0.144 e. The molecule has 0 atom stereocenters. The first-order valence-corrected chi connectivity index (χ1v) is 6.98. The number of benzene rings is 1. The number of hydrogen-bond acceptors (Lipinski definition) is 4. The summed E-state index contributed by atoms with van der Waals surface area (Å²) in [5.41, 5.74) is 1.34. The van der Waals surface area contributed by atoms with Crippen molar-refractivity contribution in [3.63, 3.8) is 0 Å². The van der Waals surface area contributed by atoms with Gasteiger partial charge in [0.25, 0.3) is 0 Å². The van der Waals surface area contributed by atoms with Crippen LogP contribution < -0.4 is 10.1 Å². The van der Waals surface area contributed by atoms with Crippen LogP contribution in [0.4, 0.5) is 11.5 Å². The summed E-state index contributed by atoms with van der Waals surface area (Å²) < 4.78 is 6.48. The Morgan fingerprint density at radius 2 is 2.10 bits per heavy atom. The highest BCUT2D eigenvalue weighted by molar-refractivity contribution is 9.10. The number of anilines is 2. The predicted molar refractivity (Wildman–Crippen MR) is 82.1 cm³/mol. The zero-order valence-electron chi connectivity index (χ0n) is 11.2. The molecule has 0 saturated carbocycles. The lowest BCUT2D eigenvalue weighted by molar-refractivity contribution is 0.244. The van der Waals surface area contributed by atoms with Gasteiger partial charge >= 0.3 is 0 Å². The predicted octanol–water partition coefficient (Wildman–Crippen LogP) is 4.25. The SMILES string of the molecule is CC(C)Oc1ccccc1Nc1ncc(C#N)cc1Br. The third-order valence-corrected chi connectivity index (χ3v) is 3.08. The van der Waals surface area contributed by atoms with Crippen LogP contribution in [0.1, 0.15) is 19.4 Å². The summed E-state index contributed by atoms with van der Waals surface area (Å²) in [6, 6.07) is 11.4. The van der Waals surface area contributed by atoms with Crippen molar-refractivity contribution in [2.45, 2.75) is 20.0 Å². The van der Waals surface area contributed by atoms with Gasteiger partial charge in [-0.25, -0.2) is 4.98 Å². The van der Waals surface area contributed by atoms with Crippen molar-refractivity contribution in [3.8, 4) is 11.8 Å². The third-order valence-electron chi connectivity index (χ3n) is 2.47. The maximum Gasteiger partial charge on any atom is 0.144 e. The van der Waals surface area contributed by atoms with Crippen LogP contribution in [0.15, 0.2) is 41.0 Å². The Bertz CT molecular complexity index is 650. The number of pyridine rings is 1. The number of aromatic nitrogens is 1. The second-order valence-electron chi connectivity index (χ2n) is 4.45. The normalized spacial score (nSPS) is 10.2. The molecule has 0 aliphatic heterocycles. The van der Waals surface area contributed by atoms with Crippen LogP contribution >= 0.6 is 15.9 Å². The van der Waals surface area contributed by atoms with Gasteiger partial charge in [0.05, 0.1) is 21.8 Å². The summed E-state index contributed by atoms with van der Waals surface area (Å²) in [6.07, 6.45) is 1.62. The first-order valence-electron chi connectivity index (χ1n) is 6.18. The highest BCUT2D eigenvalue weighted by Gasteiger charge is 2.08. The van der Waals surface area contributed by atoms with Gasteiger partial charge in [-0.3, -0.25) is 0 Å². The van der Waals surface area contributed by atoms with Gasteiger partial charge < -0.3 is 10.1 Å². The standard InChI is InChI=1S/C15H14BrN3O/c1-10(2)20-14-6-4-3-5-13(14)19-15-12(16)7-11(8-17)9-18-15/h3-7,9-10H,1-2H3,(H,18,19).